The minimum atomic E-state index is 1.00. The van der Waals surface area contributed by atoms with E-state index in [4.69, 9.17) is 0 Å². The minimum Gasteiger partial charge on any atom is -0.258 e. The van der Waals surface area contributed by atoms with Gasteiger partial charge in [0, 0.05) is 16.8 Å². The number of nitrogens with zero attached hydrogens (tertiary/aromatic N) is 1. The van der Waals surface area contributed by atoms with E-state index in [1.165, 1.54) is 22.0 Å². The van der Waals surface area contributed by atoms with Crippen LogP contribution < -0.4 is 0 Å². The van der Waals surface area contributed by atoms with Crippen molar-refractivity contribution in [1.82, 2.24) is 4.98 Å². The molecule has 1 heterocycles. The summed E-state index contributed by atoms with van der Waals surface area (Å²) in [6.45, 7) is 6.35. The smallest absolute Gasteiger partial charge is 0.0454 e. The predicted molar refractivity (Wildman–Crippen MR) is 60.6 cm³/mol. The summed E-state index contributed by atoms with van der Waals surface area (Å²) < 4.78 is 0. The molecule has 0 aliphatic carbocycles. The molecule has 0 spiro atoms. The first kappa shape index (κ1) is 9.20. The molecule has 1 aromatic heterocycles. The highest BCUT2D eigenvalue weighted by Gasteiger charge is 2.01. The van der Waals surface area contributed by atoms with Gasteiger partial charge in [-0.2, -0.15) is 0 Å². The van der Waals surface area contributed by atoms with Crippen molar-refractivity contribution >= 4 is 10.8 Å². The quantitative estimate of drug-likeness (QED) is 0.663. The van der Waals surface area contributed by atoms with Gasteiger partial charge >= 0.3 is 0 Å². The van der Waals surface area contributed by atoms with Crippen LogP contribution in [0.25, 0.3) is 10.8 Å². The van der Waals surface area contributed by atoms with E-state index in [2.05, 4.69) is 50.0 Å². The van der Waals surface area contributed by atoms with Gasteiger partial charge in [-0.3, -0.25) is 4.98 Å². The Bertz CT molecular complexity index is 472. The number of rotatable bonds is 1. The summed E-state index contributed by atoms with van der Waals surface area (Å²) in [5.74, 6) is 0. The largest absolute Gasteiger partial charge is 0.258 e. The van der Waals surface area contributed by atoms with Gasteiger partial charge < -0.3 is 0 Å². The van der Waals surface area contributed by atoms with Crippen molar-refractivity contribution in [2.45, 2.75) is 27.2 Å². The van der Waals surface area contributed by atoms with Crippen LogP contribution in [0.3, 0.4) is 0 Å². The first-order chi connectivity index (χ1) is 6.70. The van der Waals surface area contributed by atoms with Crippen LogP contribution in [0, 0.1) is 13.8 Å². The molecule has 0 unspecified atom stereocenters. The van der Waals surface area contributed by atoms with E-state index >= 15 is 0 Å². The zero-order chi connectivity index (χ0) is 10.1. The summed E-state index contributed by atoms with van der Waals surface area (Å²) in [7, 11) is 0. The van der Waals surface area contributed by atoms with Gasteiger partial charge in [-0.05, 0) is 31.7 Å². The highest BCUT2D eigenvalue weighted by Crippen LogP contribution is 2.19. The lowest BCUT2D eigenvalue weighted by Gasteiger charge is -2.05. The van der Waals surface area contributed by atoms with Crippen molar-refractivity contribution in [3.05, 3.63) is 41.2 Å². The van der Waals surface area contributed by atoms with Gasteiger partial charge in [-0.25, -0.2) is 0 Å². The van der Waals surface area contributed by atoms with E-state index < -0.39 is 0 Å². The molecule has 0 saturated heterocycles. The average molecular weight is 185 g/mol. The second-order valence-electron chi connectivity index (χ2n) is 3.78. The maximum absolute atomic E-state index is 4.55. The van der Waals surface area contributed by atoms with E-state index in [1.807, 2.05) is 0 Å². The van der Waals surface area contributed by atoms with Crippen LogP contribution in [0.2, 0.25) is 0 Å². The van der Waals surface area contributed by atoms with Crippen molar-refractivity contribution in [2.75, 3.05) is 0 Å². The van der Waals surface area contributed by atoms with Gasteiger partial charge in [0.05, 0.1) is 0 Å². The molecule has 2 aromatic rings. The van der Waals surface area contributed by atoms with Crippen LogP contribution in [0.15, 0.2) is 24.3 Å². The van der Waals surface area contributed by atoms with Crippen molar-refractivity contribution < 1.29 is 0 Å². The maximum atomic E-state index is 4.55. The first-order valence-corrected chi connectivity index (χ1v) is 5.07. The van der Waals surface area contributed by atoms with Crippen LogP contribution in [0.1, 0.15) is 23.9 Å². The molecule has 0 bridgehead atoms. The Labute approximate surface area is 84.8 Å². The molecule has 0 aliphatic rings. The molecule has 0 atom stereocenters. The summed E-state index contributed by atoms with van der Waals surface area (Å²) in [5.41, 5.74) is 3.63. The topological polar surface area (TPSA) is 12.9 Å². The summed E-state index contributed by atoms with van der Waals surface area (Å²) in [6.07, 6.45) is 1.00. The van der Waals surface area contributed by atoms with Gasteiger partial charge in [0.25, 0.3) is 0 Å². The Morgan fingerprint density at radius 3 is 2.64 bits per heavy atom. The molecule has 1 nitrogen and oxygen atoms in total. The van der Waals surface area contributed by atoms with Crippen molar-refractivity contribution in [2.24, 2.45) is 0 Å². The van der Waals surface area contributed by atoms with E-state index in [1.54, 1.807) is 0 Å². The average Bonchev–Trinajstić information content (AvgIpc) is 2.16. The zero-order valence-corrected chi connectivity index (χ0v) is 8.96. The molecule has 0 fully saturated rings. The number of aromatic nitrogens is 1. The van der Waals surface area contributed by atoms with Crippen LogP contribution in [0.5, 0.6) is 0 Å². The van der Waals surface area contributed by atoms with Crippen LogP contribution >= 0.6 is 0 Å². The standard InChI is InChI=1S/C13H15N/c1-4-12-8-11-7-9(2)5-6-13(11)10(3)14-12/h5-8H,4H2,1-3H3. The molecule has 2 rings (SSSR count). The molecule has 1 aromatic carbocycles. The predicted octanol–water partition coefficient (Wildman–Crippen LogP) is 3.41. The lowest BCUT2D eigenvalue weighted by molar-refractivity contribution is 1.02. The Hall–Kier alpha value is -1.37. The summed E-state index contributed by atoms with van der Waals surface area (Å²) in [5, 5.41) is 2.59. The molecule has 72 valence electrons. The Kier molecular flexibility index (Phi) is 2.24. The molecular formula is C13H15N. The fraction of sp³-hybridized carbons (Fsp3) is 0.308. The molecule has 0 radical (unpaired) electrons. The monoisotopic (exact) mass is 185 g/mol. The normalized spacial score (nSPS) is 10.8. The highest BCUT2D eigenvalue weighted by molar-refractivity contribution is 5.85. The second-order valence-corrected chi connectivity index (χ2v) is 3.78. The van der Waals surface area contributed by atoms with Gasteiger partial charge in [0.2, 0.25) is 0 Å². The maximum Gasteiger partial charge on any atom is 0.0454 e. The van der Waals surface area contributed by atoms with Gasteiger partial charge in [-0.1, -0.05) is 30.7 Å². The second kappa shape index (κ2) is 3.41. The summed E-state index contributed by atoms with van der Waals surface area (Å²) >= 11 is 0. The lowest BCUT2D eigenvalue weighted by Crippen LogP contribution is -1.91. The van der Waals surface area contributed by atoms with Gasteiger partial charge in [0.1, 0.15) is 0 Å². The minimum absolute atomic E-state index is 1.00. The number of fused-ring (bicyclic) bond motifs is 1. The van der Waals surface area contributed by atoms with E-state index in [-0.39, 0.29) is 0 Å². The number of aryl methyl sites for hydroxylation is 3. The molecule has 0 amide bonds. The summed E-state index contributed by atoms with van der Waals surface area (Å²) in [6, 6.07) is 8.72. The van der Waals surface area contributed by atoms with Gasteiger partial charge in [-0.15, -0.1) is 0 Å². The molecule has 14 heavy (non-hydrogen) atoms. The fourth-order valence-corrected chi connectivity index (χ4v) is 1.80. The first-order valence-electron chi connectivity index (χ1n) is 5.07. The molecule has 1 heteroatoms. The Morgan fingerprint density at radius 2 is 1.93 bits per heavy atom. The molecule has 0 saturated carbocycles. The third-order valence-electron chi connectivity index (χ3n) is 2.59. The summed E-state index contributed by atoms with van der Waals surface area (Å²) in [4.78, 5) is 4.55. The Morgan fingerprint density at radius 1 is 1.14 bits per heavy atom. The molecule has 0 N–H and O–H groups in total. The highest BCUT2D eigenvalue weighted by atomic mass is 14.7. The molecular weight excluding hydrogens is 170 g/mol. The van der Waals surface area contributed by atoms with E-state index in [0.29, 0.717) is 0 Å². The number of pyridine rings is 1. The van der Waals surface area contributed by atoms with Crippen LogP contribution in [0.4, 0.5) is 0 Å². The Balaban J connectivity index is 2.77. The fourth-order valence-electron chi connectivity index (χ4n) is 1.80. The zero-order valence-electron chi connectivity index (χ0n) is 8.96. The van der Waals surface area contributed by atoms with Crippen molar-refractivity contribution in [3.8, 4) is 0 Å². The van der Waals surface area contributed by atoms with Gasteiger partial charge in [0.15, 0.2) is 0 Å². The van der Waals surface area contributed by atoms with Crippen molar-refractivity contribution in [3.63, 3.8) is 0 Å². The third kappa shape index (κ3) is 1.50. The molecule has 0 aliphatic heterocycles. The van der Waals surface area contributed by atoms with E-state index in [0.717, 1.165) is 12.1 Å². The SMILES string of the molecule is CCc1cc2cc(C)ccc2c(C)n1. The third-order valence-corrected chi connectivity index (χ3v) is 2.59. The number of hydrogen-bond acceptors (Lipinski definition) is 1. The van der Waals surface area contributed by atoms with Crippen molar-refractivity contribution in [1.29, 1.82) is 0 Å². The van der Waals surface area contributed by atoms with Crippen LogP contribution in [-0.2, 0) is 6.42 Å². The van der Waals surface area contributed by atoms with E-state index in [9.17, 15) is 0 Å². The lowest BCUT2D eigenvalue weighted by atomic mass is 10.1. The number of hydrogen-bond donors (Lipinski definition) is 0. The number of benzene rings is 1. The van der Waals surface area contributed by atoms with Crippen LogP contribution in [-0.4, -0.2) is 4.98 Å².